The van der Waals surface area contributed by atoms with Crippen molar-refractivity contribution in [3.63, 3.8) is 0 Å². The SMILES string of the molecule is CC(C)(C)OC(=O)N1CC=C(c2ccc3ccc(=O)oc3c2)CC1. The Morgan fingerprint density at radius 1 is 1.21 bits per heavy atom. The third kappa shape index (κ3) is 3.67. The number of hydrogen-bond donors (Lipinski definition) is 0. The fourth-order valence-corrected chi connectivity index (χ4v) is 2.68. The molecule has 0 atom stereocenters. The van der Waals surface area contributed by atoms with E-state index < -0.39 is 5.60 Å². The third-order valence-electron chi connectivity index (χ3n) is 3.85. The van der Waals surface area contributed by atoms with Gasteiger partial charge in [-0.1, -0.05) is 18.2 Å². The van der Waals surface area contributed by atoms with Crippen LogP contribution in [0.25, 0.3) is 16.5 Å². The van der Waals surface area contributed by atoms with Crippen molar-refractivity contribution in [1.29, 1.82) is 0 Å². The van der Waals surface area contributed by atoms with Gasteiger partial charge in [0.05, 0.1) is 0 Å². The van der Waals surface area contributed by atoms with E-state index >= 15 is 0 Å². The van der Waals surface area contributed by atoms with Gasteiger partial charge in [0.2, 0.25) is 0 Å². The van der Waals surface area contributed by atoms with Gasteiger partial charge >= 0.3 is 11.7 Å². The first kappa shape index (κ1) is 16.3. The minimum atomic E-state index is -0.489. The number of nitrogens with zero attached hydrogens (tertiary/aromatic N) is 1. The summed E-state index contributed by atoms with van der Waals surface area (Å²) in [5.41, 5.74) is 1.89. The summed E-state index contributed by atoms with van der Waals surface area (Å²) in [6.07, 6.45) is 2.47. The Balaban J connectivity index is 1.77. The molecule has 126 valence electrons. The molecule has 1 aromatic heterocycles. The van der Waals surface area contributed by atoms with Gasteiger partial charge in [0.15, 0.2) is 0 Å². The van der Waals surface area contributed by atoms with Crippen LogP contribution in [0.1, 0.15) is 32.8 Å². The van der Waals surface area contributed by atoms with Crippen molar-refractivity contribution < 1.29 is 13.9 Å². The smallest absolute Gasteiger partial charge is 0.410 e. The molecule has 0 bridgehead atoms. The molecule has 0 saturated heterocycles. The molecule has 2 aromatic rings. The van der Waals surface area contributed by atoms with Crippen LogP contribution in [0, 0.1) is 0 Å². The van der Waals surface area contributed by atoms with Gasteiger partial charge in [-0.25, -0.2) is 9.59 Å². The standard InChI is InChI=1S/C19H21NO4/c1-19(2,3)24-18(22)20-10-8-13(9-11-20)15-5-4-14-6-7-17(21)23-16(14)12-15/h4-8,12H,9-11H2,1-3H3. The summed E-state index contributed by atoms with van der Waals surface area (Å²) in [5.74, 6) is 0. The molecule has 0 saturated carbocycles. The number of fused-ring (bicyclic) bond motifs is 1. The number of amides is 1. The topological polar surface area (TPSA) is 59.8 Å². The first-order chi connectivity index (χ1) is 11.3. The fourth-order valence-electron chi connectivity index (χ4n) is 2.68. The zero-order valence-corrected chi connectivity index (χ0v) is 14.2. The van der Waals surface area contributed by atoms with E-state index in [1.807, 2.05) is 45.0 Å². The summed E-state index contributed by atoms with van der Waals surface area (Å²) < 4.78 is 10.6. The van der Waals surface area contributed by atoms with E-state index in [9.17, 15) is 9.59 Å². The maximum atomic E-state index is 12.1. The molecule has 1 aromatic carbocycles. The lowest BCUT2D eigenvalue weighted by Crippen LogP contribution is -2.39. The maximum Gasteiger partial charge on any atom is 0.410 e. The molecule has 3 rings (SSSR count). The summed E-state index contributed by atoms with van der Waals surface area (Å²) >= 11 is 0. The lowest BCUT2D eigenvalue weighted by molar-refractivity contribution is 0.0270. The van der Waals surface area contributed by atoms with E-state index in [0.717, 1.165) is 22.9 Å². The van der Waals surface area contributed by atoms with Crippen LogP contribution in [0.2, 0.25) is 0 Å². The average Bonchev–Trinajstić information content (AvgIpc) is 2.52. The minimum Gasteiger partial charge on any atom is -0.444 e. The Morgan fingerprint density at radius 2 is 1.96 bits per heavy atom. The van der Waals surface area contributed by atoms with Crippen molar-refractivity contribution in [3.05, 3.63) is 52.4 Å². The van der Waals surface area contributed by atoms with E-state index in [4.69, 9.17) is 9.15 Å². The second kappa shape index (κ2) is 6.15. The Labute approximate surface area is 140 Å². The molecule has 1 aliphatic heterocycles. The molecule has 5 nitrogen and oxygen atoms in total. The summed E-state index contributed by atoms with van der Waals surface area (Å²) in [6, 6.07) is 9.00. The molecule has 0 unspecified atom stereocenters. The maximum absolute atomic E-state index is 12.1. The molecule has 24 heavy (non-hydrogen) atoms. The molecule has 0 N–H and O–H groups in total. The van der Waals surface area contributed by atoms with E-state index in [-0.39, 0.29) is 11.7 Å². The van der Waals surface area contributed by atoms with Crippen LogP contribution in [0.4, 0.5) is 4.79 Å². The van der Waals surface area contributed by atoms with Crippen LogP contribution in [0.5, 0.6) is 0 Å². The lowest BCUT2D eigenvalue weighted by atomic mass is 9.98. The van der Waals surface area contributed by atoms with Crippen molar-refractivity contribution in [2.75, 3.05) is 13.1 Å². The second-order valence-corrected chi connectivity index (χ2v) is 6.91. The quantitative estimate of drug-likeness (QED) is 0.747. The number of carbonyl (C=O) groups is 1. The molecule has 1 amide bonds. The fraction of sp³-hybridized carbons (Fsp3) is 0.368. The minimum absolute atomic E-state index is 0.290. The highest BCUT2D eigenvalue weighted by Crippen LogP contribution is 2.26. The van der Waals surface area contributed by atoms with Crippen molar-refractivity contribution in [2.24, 2.45) is 0 Å². The molecule has 0 aliphatic carbocycles. The van der Waals surface area contributed by atoms with Crippen molar-refractivity contribution in [3.8, 4) is 0 Å². The highest BCUT2D eigenvalue weighted by atomic mass is 16.6. The molecular weight excluding hydrogens is 306 g/mol. The van der Waals surface area contributed by atoms with Crippen molar-refractivity contribution in [2.45, 2.75) is 32.8 Å². The van der Waals surface area contributed by atoms with Crippen LogP contribution in [0.3, 0.4) is 0 Å². The molecule has 0 radical (unpaired) electrons. The summed E-state index contributed by atoms with van der Waals surface area (Å²) in [4.78, 5) is 25.1. The zero-order chi connectivity index (χ0) is 17.3. The largest absolute Gasteiger partial charge is 0.444 e. The predicted molar refractivity (Wildman–Crippen MR) is 92.9 cm³/mol. The monoisotopic (exact) mass is 327 g/mol. The van der Waals surface area contributed by atoms with Gasteiger partial charge in [0, 0.05) is 24.5 Å². The molecular formula is C19H21NO4. The van der Waals surface area contributed by atoms with Gasteiger partial charge in [-0.3, -0.25) is 0 Å². The second-order valence-electron chi connectivity index (χ2n) is 6.91. The summed E-state index contributed by atoms with van der Waals surface area (Å²) in [7, 11) is 0. The molecule has 0 spiro atoms. The van der Waals surface area contributed by atoms with Gasteiger partial charge < -0.3 is 14.1 Å². The molecule has 0 fully saturated rings. The van der Waals surface area contributed by atoms with Crippen LogP contribution in [-0.2, 0) is 4.74 Å². The number of ether oxygens (including phenoxy) is 1. The van der Waals surface area contributed by atoms with E-state index in [1.165, 1.54) is 6.07 Å². The van der Waals surface area contributed by atoms with Crippen LogP contribution >= 0.6 is 0 Å². The van der Waals surface area contributed by atoms with Gasteiger partial charge in [-0.05, 0) is 50.5 Å². The highest BCUT2D eigenvalue weighted by Gasteiger charge is 2.23. The lowest BCUT2D eigenvalue weighted by Gasteiger charge is -2.29. The first-order valence-corrected chi connectivity index (χ1v) is 8.03. The molecule has 2 heterocycles. The van der Waals surface area contributed by atoms with Crippen molar-refractivity contribution >= 4 is 22.6 Å². The van der Waals surface area contributed by atoms with E-state index in [0.29, 0.717) is 18.7 Å². The number of benzene rings is 1. The summed E-state index contributed by atoms with van der Waals surface area (Å²) in [5, 5.41) is 0.894. The Hall–Kier alpha value is -2.56. The van der Waals surface area contributed by atoms with Crippen LogP contribution in [-0.4, -0.2) is 29.7 Å². The summed E-state index contributed by atoms with van der Waals surface area (Å²) in [6.45, 7) is 6.70. The zero-order valence-electron chi connectivity index (χ0n) is 14.2. The Bertz CT molecular complexity index is 858. The van der Waals surface area contributed by atoms with Gasteiger partial charge in [-0.15, -0.1) is 0 Å². The molecule has 5 heteroatoms. The van der Waals surface area contributed by atoms with E-state index in [2.05, 4.69) is 0 Å². The Morgan fingerprint density at radius 3 is 2.62 bits per heavy atom. The van der Waals surface area contributed by atoms with Gasteiger partial charge in [0.1, 0.15) is 11.2 Å². The van der Waals surface area contributed by atoms with Gasteiger partial charge in [-0.2, -0.15) is 0 Å². The Kier molecular flexibility index (Phi) is 4.18. The third-order valence-corrected chi connectivity index (χ3v) is 3.85. The van der Waals surface area contributed by atoms with Crippen molar-refractivity contribution in [1.82, 2.24) is 4.90 Å². The number of rotatable bonds is 1. The van der Waals surface area contributed by atoms with Crippen LogP contribution in [0.15, 0.2) is 45.6 Å². The first-order valence-electron chi connectivity index (χ1n) is 8.03. The van der Waals surface area contributed by atoms with Gasteiger partial charge in [0.25, 0.3) is 0 Å². The molecule has 1 aliphatic rings. The number of carbonyl (C=O) groups excluding carboxylic acids is 1. The highest BCUT2D eigenvalue weighted by molar-refractivity contribution is 5.82. The predicted octanol–water partition coefficient (Wildman–Crippen LogP) is 3.82. The average molecular weight is 327 g/mol. The van der Waals surface area contributed by atoms with E-state index in [1.54, 1.807) is 11.0 Å². The van der Waals surface area contributed by atoms with Crippen LogP contribution < -0.4 is 5.63 Å². The normalized spacial score (nSPS) is 15.3. The number of hydrogen-bond acceptors (Lipinski definition) is 4.